The van der Waals surface area contributed by atoms with Crippen LogP contribution in [0.3, 0.4) is 0 Å². The zero-order chi connectivity index (χ0) is 21.4. The topological polar surface area (TPSA) is 81.5 Å². The van der Waals surface area contributed by atoms with Crippen LogP contribution in [0.2, 0.25) is 0 Å². The molecule has 3 heterocycles. The molecule has 0 aliphatic heterocycles. The average Bonchev–Trinajstić information content (AvgIpc) is 3.26. The van der Waals surface area contributed by atoms with Gasteiger partial charge >= 0.3 is 0 Å². The molecule has 7 nitrogen and oxygen atoms in total. The molecular formula is C22H23FN4O3. The highest BCUT2D eigenvalue weighted by molar-refractivity contribution is 5.83. The first-order chi connectivity index (χ1) is 14.4. The second kappa shape index (κ2) is 7.78. The van der Waals surface area contributed by atoms with Crippen LogP contribution in [-0.2, 0) is 17.8 Å². The van der Waals surface area contributed by atoms with Crippen LogP contribution in [0.15, 0.2) is 45.6 Å². The molecule has 0 fully saturated rings. The van der Waals surface area contributed by atoms with E-state index in [4.69, 9.17) is 4.42 Å². The predicted octanol–water partition coefficient (Wildman–Crippen LogP) is 3.52. The standard InChI is InChI=1S/C22H23FN4O3/c1-4-16(21(28)24-12-14-6-8-15(23)9-7-14)27-22(29)18-11-19-17(10-13(3)30-19)26(18)20(5-2)25-27/h6-11,16H,4-5,12H2,1-3H3,(H,24,28)/t16-/m0/s1. The van der Waals surface area contributed by atoms with E-state index in [2.05, 4.69) is 10.4 Å². The van der Waals surface area contributed by atoms with Gasteiger partial charge in [0.05, 0.1) is 5.52 Å². The molecule has 3 aromatic heterocycles. The Labute approximate surface area is 172 Å². The summed E-state index contributed by atoms with van der Waals surface area (Å²) in [7, 11) is 0. The Hall–Kier alpha value is -3.42. The quantitative estimate of drug-likeness (QED) is 0.527. The second-order valence-corrected chi connectivity index (χ2v) is 7.26. The van der Waals surface area contributed by atoms with Crippen LogP contribution in [0, 0.1) is 12.7 Å². The molecule has 0 spiro atoms. The van der Waals surface area contributed by atoms with E-state index in [0.717, 1.165) is 16.8 Å². The van der Waals surface area contributed by atoms with Crippen molar-refractivity contribution in [3.63, 3.8) is 0 Å². The molecule has 4 rings (SSSR count). The first-order valence-corrected chi connectivity index (χ1v) is 9.98. The third-order valence-electron chi connectivity index (χ3n) is 5.20. The molecule has 0 radical (unpaired) electrons. The summed E-state index contributed by atoms with van der Waals surface area (Å²) in [6, 6.07) is 8.73. The van der Waals surface area contributed by atoms with Gasteiger partial charge in [-0.3, -0.25) is 14.0 Å². The van der Waals surface area contributed by atoms with Gasteiger partial charge in [-0.25, -0.2) is 9.07 Å². The highest BCUT2D eigenvalue weighted by atomic mass is 19.1. The van der Waals surface area contributed by atoms with Crippen LogP contribution < -0.4 is 10.9 Å². The molecule has 1 amide bonds. The Bertz CT molecular complexity index is 1280. The van der Waals surface area contributed by atoms with Crippen molar-refractivity contribution < 1.29 is 13.6 Å². The van der Waals surface area contributed by atoms with E-state index in [0.29, 0.717) is 29.8 Å². The number of nitrogens with zero attached hydrogens (tertiary/aromatic N) is 3. The third kappa shape index (κ3) is 3.38. The molecule has 1 N–H and O–H groups in total. The Morgan fingerprint density at radius 3 is 2.60 bits per heavy atom. The first kappa shape index (κ1) is 19.9. The molecule has 0 unspecified atom stereocenters. The number of furan rings is 1. The Morgan fingerprint density at radius 1 is 1.20 bits per heavy atom. The van der Waals surface area contributed by atoms with Crippen molar-refractivity contribution in [2.24, 2.45) is 0 Å². The highest BCUT2D eigenvalue weighted by Crippen LogP contribution is 2.24. The molecule has 0 saturated carbocycles. The van der Waals surface area contributed by atoms with Gasteiger partial charge in [0.25, 0.3) is 5.56 Å². The zero-order valence-corrected chi connectivity index (χ0v) is 17.1. The van der Waals surface area contributed by atoms with Gasteiger partial charge in [0.1, 0.15) is 29.0 Å². The van der Waals surface area contributed by atoms with Crippen molar-refractivity contribution in [2.45, 2.75) is 46.2 Å². The normalized spacial score (nSPS) is 12.5. The van der Waals surface area contributed by atoms with E-state index in [-0.39, 0.29) is 23.8 Å². The predicted molar refractivity (Wildman–Crippen MR) is 111 cm³/mol. The number of rotatable bonds is 6. The molecule has 0 aliphatic rings. The monoisotopic (exact) mass is 410 g/mol. The molecular weight excluding hydrogens is 387 g/mol. The maximum atomic E-state index is 13.2. The van der Waals surface area contributed by atoms with Crippen LogP contribution in [0.25, 0.3) is 16.6 Å². The van der Waals surface area contributed by atoms with Gasteiger partial charge in [0.15, 0.2) is 5.58 Å². The number of carbonyl (C=O) groups is 1. The largest absolute Gasteiger partial charge is 0.460 e. The van der Waals surface area contributed by atoms with Crippen molar-refractivity contribution in [3.8, 4) is 0 Å². The summed E-state index contributed by atoms with van der Waals surface area (Å²) in [5.41, 5.74) is 2.27. The fourth-order valence-electron chi connectivity index (χ4n) is 3.70. The number of aromatic nitrogens is 3. The summed E-state index contributed by atoms with van der Waals surface area (Å²) < 4.78 is 21.8. The van der Waals surface area contributed by atoms with Gasteiger partial charge in [-0.2, -0.15) is 5.10 Å². The van der Waals surface area contributed by atoms with E-state index in [1.54, 1.807) is 22.6 Å². The maximum Gasteiger partial charge on any atom is 0.291 e. The summed E-state index contributed by atoms with van der Waals surface area (Å²) in [6.07, 6.45) is 0.982. The number of nitrogens with one attached hydrogen (secondary N) is 1. The molecule has 1 atom stereocenters. The maximum absolute atomic E-state index is 13.2. The second-order valence-electron chi connectivity index (χ2n) is 7.26. The number of benzene rings is 1. The minimum Gasteiger partial charge on any atom is -0.460 e. The van der Waals surface area contributed by atoms with Crippen molar-refractivity contribution in [2.75, 3.05) is 0 Å². The lowest BCUT2D eigenvalue weighted by atomic mass is 10.2. The molecule has 0 bridgehead atoms. The van der Waals surface area contributed by atoms with E-state index in [9.17, 15) is 14.0 Å². The van der Waals surface area contributed by atoms with E-state index >= 15 is 0 Å². The van der Waals surface area contributed by atoms with Gasteiger partial charge in [-0.1, -0.05) is 26.0 Å². The lowest BCUT2D eigenvalue weighted by molar-refractivity contribution is -0.125. The number of carbonyl (C=O) groups excluding carboxylic acids is 1. The third-order valence-corrected chi connectivity index (χ3v) is 5.20. The average molecular weight is 410 g/mol. The van der Waals surface area contributed by atoms with Crippen LogP contribution >= 0.6 is 0 Å². The van der Waals surface area contributed by atoms with Gasteiger partial charge in [0.2, 0.25) is 5.91 Å². The fourth-order valence-corrected chi connectivity index (χ4v) is 3.70. The molecule has 0 aliphatic carbocycles. The summed E-state index contributed by atoms with van der Waals surface area (Å²) in [5.74, 6) is 0.784. The van der Waals surface area contributed by atoms with E-state index in [1.807, 2.05) is 26.8 Å². The molecule has 4 aromatic rings. The lowest BCUT2D eigenvalue weighted by Crippen LogP contribution is -2.39. The van der Waals surface area contributed by atoms with Crippen molar-refractivity contribution in [1.82, 2.24) is 19.5 Å². The molecule has 0 saturated heterocycles. The van der Waals surface area contributed by atoms with Gasteiger partial charge in [-0.15, -0.1) is 0 Å². The van der Waals surface area contributed by atoms with Crippen LogP contribution in [-0.4, -0.2) is 20.1 Å². The number of halogens is 1. The lowest BCUT2D eigenvalue weighted by Gasteiger charge is -2.18. The van der Waals surface area contributed by atoms with Crippen LogP contribution in [0.4, 0.5) is 4.39 Å². The number of amides is 1. The number of hydrogen-bond acceptors (Lipinski definition) is 4. The fraction of sp³-hybridized carbons (Fsp3) is 0.318. The van der Waals surface area contributed by atoms with Crippen LogP contribution in [0.1, 0.15) is 43.5 Å². The SMILES string of the molecule is CCc1nn([C@@H](CC)C(=O)NCc2ccc(F)cc2)c(=O)c2cc3oc(C)cc3n12. The Kier molecular flexibility index (Phi) is 5.15. The minimum atomic E-state index is -0.754. The van der Waals surface area contributed by atoms with Crippen LogP contribution in [0.5, 0.6) is 0 Å². The molecule has 1 aromatic carbocycles. The first-order valence-electron chi connectivity index (χ1n) is 9.98. The summed E-state index contributed by atoms with van der Waals surface area (Å²) in [5, 5.41) is 7.35. The number of fused-ring (bicyclic) bond motifs is 3. The summed E-state index contributed by atoms with van der Waals surface area (Å²) in [6.45, 7) is 5.88. The van der Waals surface area contributed by atoms with Crippen molar-refractivity contribution in [3.05, 3.63) is 69.7 Å². The number of hydrogen-bond donors (Lipinski definition) is 1. The molecule has 8 heteroatoms. The van der Waals surface area contributed by atoms with Crippen molar-refractivity contribution >= 4 is 22.5 Å². The van der Waals surface area contributed by atoms with Gasteiger partial charge in [0, 0.05) is 25.1 Å². The minimum absolute atomic E-state index is 0.241. The Morgan fingerprint density at radius 2 is 1.93 bits per heavy atom. The van der Waals surface area contributed by atoms with Crippen molar-refractivity contribution in [1.29, 1.82) is 0 Å². The highest BCUT2D eigenvalue weighted by Gasteiger charge is 2.24. The summed E-state index contributed by atoms with van der Waals surface area (Å²) >= 11 is 0. The van der Waals surface area contributed by atoms with E-state index in [1.165, 1.54) is 16.8 Å². The molecule has 30 heavy (non-hydrogen) atoms. The molecule has 156 valence electrons. The zero-order valence-electron chi connectivity index (χ0n) is 17.1. The Balaban J connectivity index is 1.70. The smallest absolute Gasteiger partial charge is 0.291 e. The summed E-state index contributed by atoms with van der Waals surface area (Å²) in [4.78, 5) is 26.0. The van der Waals surface area contributed by atoms with Gasteiger partial charge in [-0.05, 0) is 31.0 Å². The van der Waals surface area contributed by atoms with E-state index < -0.39 is 6.04 Å². The number of aryl methyl sites for hydroxylation is 2. The van der Waals surface area contributed by atoms with Gasteiger partial charge < -0.3 is 9.73 Å².